The van der Waals surface area contributed by atoms with Gasteiger partial charge >= 0.3 is 0 Å². The predicted octanol–water partition coefficient (Wildman–Crippen LogP) is 5.63. The Morgan fingerprint density at radius 3 is 2.62 bits per heavy atom. The van der Waals surface area contributed by atoms with Crippen molar-refractivity contribution >= 4 is 28.7 Å². The van der Waals surface area contributed by atoms with Crippen LogP contribution in [0, 0.1) is 6.92 Å². The molecule has 0 unspecified atom stereocenters. The van der Waals surface area contributed by atoms with Crippen molar-refractivity contribution in [2.24, 2.45) is 0 Å². The molecular formula is C25H23N5OS. The van der Waals surface area contributed by atoms with Crippen LogP contribution in [0.4, 0.5) is 11.5 Å². The molecule has 3 aromatic heterocycles. The molecule has 1 aliphatic heterocycles. The molecule has 0 radical (unpaired) electrons. The van der Waals surface area contributed by atoms with E-state index in [4.69, 9.17) is 9.97 Å². The van der Waals surface area contributed by atoms with Gasteiger partial charge in [-0.3, -0.25) is 9.78 Å². The summed E-state index contributed by atoms with van der Waals surface area (Å²) in [5.41, 5.74) is 2.72. The minimum Gasteiger partial charge on any atom is -0.340 e. The zero-order valence-corrected chi connectivity index (χ0v) is 18.5. The molecule has 4 heterocycles. The van der Waals surface area contributed by atoms with Crippen molar-refractivity contribution in [2.45, 2.75) is 25.8 Å². The average Bonchev–Trinajstić information content (AvgIpc) is 3.49. The average molecular weight is 442 g/mol. The molecule has 1 aromatic carbocycles. The molecule has 5 rings (SSSR count). The number of amides is 1. The summed E-state index contributed by atoms with van der Waals surface area (Å²) in [5.74, 6) is 1.43. The number of anilines is 2. The Morgan fingerprint density at radius 2 is 1.88 bits per heavy atom. The third kappa shape index (κ3) is 4.24. The molecule has 32 heavy (non-hydrogen) atoms. The topological polar surface area (TPSA) is 71.0 Å². The number of thiophene rings is 1. The van der Waals surface area contributed by atoms with E-state index in [1.807, 2.05) is 72.5 Å². The van der Waals surface area contributed by atoms with E-state index in [9.17, 15) is 4.79 Å². The van der Waals surface area contributed by atoms with Crippen molar-refractivity contribution in [3.63, 3.8) is 0 Å². The highest BCUT2D eigenvalue weighted by Gasteiger charge is 2.33. The summed E-state index contributed by atoms with van der Waals surface area (Å²) in [6.45, 7) is 2.73. The van der Waals surface area contributed by atoms with Crippen molar-refractivity contribution in [1.82, 2.24) is 19.9 Å². The number of para-hydroxylation sites is 1. The molecule has 4 aromatic rings. The quantitative estimate of drug-likeness (QED) is 0.435. The van der Waals surface area contributed by atoms with Crippen LogP contribution in [-0.2, 0) is 0 Å². The minimum atomic E-state index is -0.150. The van der Waals surface area contributed by atoms with Gasteiger partial charge in [0.25, 0.3) is 5.91 Å². The number of rotatable bonds is 5. The summed E-state index contributed by atoms with van der Waals surface area (Å²) in [5, 5.41) is 3.39. The molecular weight excluding hydrogens is 418 g/mol. The lowest BCUT2D eigenvalue weighted by Gasteiger charge is -2.24. The first-order chi connectivity index (χ1) is 15.7. The molecule has 1 fully saturated rings. The van der Waals surface area contributed by atoms with Gasteiger partial charge in [0.15, 0.2) is 5.82 Å². The van der Waals surface area contributed by atoms with Gasteiger partial charge < -0.3 is 10.2 Å². The third-order valence-corrected chi connectivity index (χ3v) is 6.52. The molecule has 1 saturated heterocycles. The number of hydrogen-bond donors (Lipinski definition) is 1. The molecule has 6 nitrogen and oxygen atoms in total. The SMILES string of the molecule is Cc1ccc(C(=O)N2CCC[C@H]2c2nc(Nc3ccccc3)cc(-c3ccncc3)n2)s1. The first-order valence-corrected chi connectivity index (χ1v) is 11.5. The van der Waals surface area contributed by atoms with Crippen LogP contribution in [0.5, 0.6) is 0 Å². The fourth-order valence-corrected chi connectivity index (χ4v) is 4.81. The van der Waals surface area contributed by atoms with Crippen LogP contribution in [0.25, 0.3) is 11.3 Å². The van der Waals surface area contributed by atoms with Gasteiger partial charge in [0.1, 0.15) is 5.82 Å². The second-order valence-electron chi connectivity index (χ2n) is 7.79. The van der Waals surface area contributed by atoms with Gasteiger partial charge in [-0.25, -0.2) is 9.97 Å². The molecule has 7 heteroatoms. The normalized spacial score (nSPS) is 15.7. The van der Waals surface area contributed by atoms with E-state index in [1.54, 1.807) is 12.4 Å². The Bertz CT molecular complexity index is 1230. The Labute approximate surface area is 191 Å². The second kappa shape index (κ2) is 8.88. The number of likely N-dealkylation sites (tertiary alicyclic amines) is 1. The number of carbonyl (C=O) groups excluding carboxylic acids is 1. The number of hydrogen-bond acceptors (Lipinski definition) is 6. The molecule has 0 saturated carbocycles. The summed E-state index contributed by atoms with van der Waals surface area (Å²) in [6, 6.07) is 19.5. The molecule has 0 spiro atoms. The van der Waals surface area contributed by atoms with Crippen molar-refractivity contribution in [3.05, 3.63) is 88.6 Å². The van der Waals surface area contributed by atoms with Gasteiger partial charge in [0, 0.05) is 41.1 Å². The number of carbonyl (C=O) groups is 1. The second-order valence-corrected chi connectivity index (χ2v) is 9.08. The summed E-state index contributed by atoms with van der Waals surface area (Å²) in [7, 11) is 0. The van der Waals surface area contributed by atoms with Gasteiger partial charge in [-0.1, -0.05) is 18.2 Å². The molecule has 160 valence electrons. The maximum Gasteiger partial charge on any atom is 0.264 e. The molecule has 1 amide bonds. The van der Waals surface area contributed by atoms with Crippen LogP contribution in [-0.4, -0.2) is 32.3 Å². The number of pyridine rings is 1. The summed E-state index contributed by atoms with van der Waals surface area (Å²) in [6.07, 6.45) is 5.30. The number of nitrogens with zero attached hydrogens (tertiary/aromatic N) is 4. The Hall–Kier alpha value is -3.58. The largest absolute Gasteiger partial charge is 0.340 e. The fourth-order valence-electron chi connectivity index (χ4n) is 3.99. The maximum absolute atomic E-state index is 13.2. The van der Waals surface area contributed by atoms with E-state index < -0.39 is 0 Å². The lowest BCUT2D eigenvalue weighted by molar-refractivity contribution is 0.0735. The van der Waals surface area contributed by atoms with E-state index in [2.05, 4.69) is 10.3 Å². The Kier molecular flexibility index (Phi) is 5.64. The first kappa shape index (κ1) is 20.3. The van der Waals surface area contributed by atoms with E-state index in [-0.39, 0.29) is 11.9 Å². The highest BCUT2D eigenvalue weighted by Crippen LogP contribution is 2.34. The van der Waals surface area contributed by atoms with Crippen LogP contribution in [0.2, 0.25) is 0 Å². The van der Waals surface area contributed by atoms with Crippen LogP contribution in [0.3, 0.4) is 0 Å². The van der Waals surface area contributed by atoms with Gasteiger partial charge in [0.2, 0.25) is 0 Å². The Morgan fingerprint density at radius 1 is 1.06 bits per heavy atom. The number of nitrogens with one attached hydrogen (secondary N) is 1. The lowest BCUT2D eigenvalue weighted by atomic mass is 10.1. The Balaban J connectivity index is 1.53. The van der Waals surface area contributed by atoms with Crippen molar-refractivity contribution < 1.29 is 4.79 Å². The van der Waals surface area contributed by atoms with Crippen molar-refractivity contribution in [1.29, 1.82) is 0 Å². The van der Waals surface area contributed by atoms with E-state index in [0.717, 1.165) is 39.5 Å². The van der Waals surface area contributed by atoms with Crippen molar-refractivity contribution in [2.75, 3.05) is 11.9 Å². The highest BCUT2D eigenvalue weighted by molar-refractivity contribution is 7.13. The zero-order valence-electron chi connectivity index (χ0n) is 17.7. The molecule has 1 atom stereocenters. The smallest absolute Gasteiger partial charge is 0.264 e. The predicted molar refractivity (Wildman–Crippen MR) is 127 cm³/mol. The van der Waals surface area contributed by atoms with Crippen LogP contribution >= 0.6 is 11.3 Å². The fraction of sp³-hybridized carbons (Fsp3) is 0.200. The van der Waals surface area contributed by atoms with Crippen LogP contribution in [0.15, 0.2) is 73.1 Å². The summed E-state index contributed by atoms with van der Waals surface area (Å²) < 4.78 is 0. The summed E-state index contributed by atoms with van der Waals surface area (Å²) >= 11 is 1.53. The first-order valence-electron chi connectivity index (χ1n) is 10.7. The van der Waals surface area contributed by atoms with E-state index in [0.29, 0.717) is 18.2 Å². The van der Waals surface area contributed by atoms with Gasteiger partial charge in [-0.15, -0.1) is 11.3 Å². The monoisotopic (exact) mass is 441 g/mol. The van der Waals surface area contributed by atoms with E-state index in [1.165, 1.54) is 11.3 Å². The van der Waals surface area contributed by atoms with Gasteiger partial charge in [-0.05, 0) is 56.2 Å². The molecule has 0 bridgehead atoms. The molecule has 1 N–H and O–H groups in total. The molecule has 1 aliphatic rings. The van der Waals surface area contributed by atoms with E-state index >= 15 is 0 Å². The van der Waals surface area contributed by atoms with Crippen molar-refractivity contribution in [3.8, 4) is 11.3 Å². The number of benzene rings is 1. The molecule has 0 aliphatic carbocycles. The maximum atomic E-state index is 13.2. The lowest BCUT2D eigenvalue weighted by Crippen LogP contribution is -2.31. The summed E-state index contributed by atoms with van der Waals surface area (Å²) in [4.78, 5) is 30.9. The minimum absolute atomic E-state index is 0.0566. The third-order valence-electron chi connectivity index (χ3n) is 5.53. The van der Waals surface area contributed by atoms with Crippen LogP contribution < -0.4 is 5.32 Å². The standard InChI is InChI=1S/C25H23N5OS/c1-17-9-10-22(32-17)25(31)30-15-5-8-21(30)24-28-20(18-11-13-26-14-12-18)16-23(29-24)27-19-6-3-2-4-7-19/h2-4,6-7,9-14,16,21H,5,8,15H2,1H3,(H,27,28,29)/t21-/m0/s1. The number of aromatic nitrogens is 3. The van der Waals surface area contributed by atoms with Crippen LogP contribution in [0.1, 0.15) is 39.3 Å². The number of aryl methyl sites for hydroxylation is 1. The van der Waals surface area contributed by atoms with Gasteiger partial charge in [-0.2, -0.15) is 0 Å². The highest BCUT2D eigenvalue weighted by atomic mass is 32.1. The zero-order chi connectivity index (χ0) is 21.9. The van der Waals surface area contributed by atoms with Gasteiger partial charge in [0.05, 0.1) is 16.6 Å².